The summed E-state index contributed by atoms with van der Waals surface area (Å²) in [6, 6.07) is 22.7. The fourth-order valence-electron chi connectivity index (χ4n) is 3.09. The average molecular weight is 433 g/mol. The molecule has 4 rings (SSSR count). The highest BCUT2D eigenvalue weighted by Gasteiger charge is 2.12. The maximum absolute atomic E-state index is 12.8. The summed E-state index contributed by atoms with van der Waals surface area (Å²) in [5.74, 6) is 0.324. The molecule has 0 saturated heterocycles. The van der Waals surface area contributed by atoms with E-state index in [1.165, 1.54) is 6.33 Å². The number of ether oxygens (including phenoxy) is 1. The first-order valence-electron chi connectivity index (χ1n) is 9.83. The van der Waals surface area contributed by atoms with Gasteiger partial charge in [0.1, 0.15) is 25.0 Å². The van der Waals surface area contributed by atoms with Gasteiger partial charge in [0, 0.05) is 17.1 Å². The minimum absolute atomic E-state index is 0.193. The molecule has 0 saturated carbocycles. The lowest BCUT2D eigenvalue weighted by Gasteiger charge is -2.12. The maximum Gasteiger partial charge on any atom is 0.255 e. The first kappa shape index (κ1) is 20.6. The van der Waals surface area contributed by atoms with E-state index in [9.17, 15) is 4.79 Å². The maximum atomic E-state index is 12.8. The Morgan fingerprint density at radius 2 is 1.71 bits per heavy atom. The summed E-state index contributed by atoms with van der Waals surface area (Å²) in [6.07, 6.45) is 3.19. The van der Waals surface area contributed by atoms with Crippen molar-refractivity contribution in [3.8, 4) is 5.75 Å². The summed E-state index contributed by atoms with van der Waals surface area (Å²) in [5, 5.41) is 7.70. The Morgan fingerprint density at radius 3 is 2.48 bits per heavy atom. The number of amides is 1. The minimum Gasteiger partial charge on any atom is -0.488 e. The Morgan fingerprint density at radius 1 is 0.968 bits per heavy atom. The van der Waals surface area contributed by atoms with Crippen LogP contribution in [0.5, 0.6) is 5.75 Å². The lowest BCUT2D eigenvalue weighted by molar-refractivity contribution is 0.0946. The molecule has 4 aromatic rings. The topological polar surface area (TPSA) is 69.0 Å². The second-order valence-electron chi connectivity index (χ2n) is 6.97. The quantitative estimate of drug-likeness (QED) is 0.445. The number of hydrogen-bond acceptors (Lipinski definition) is 4. The predicted octanol–water partition coefficient (Wildman–Crippen LogP) is 4.49. The van der Waals surface area contributed by atoms with E-state index in [1.54, 1.807) is 23.1 Å². The molecule has 156 valence electrons. The van der Waals surface area contributed by atoms with Crippen molar-refractivity contribution in [2.24, 2.45) is 0 Å². The van der Waals surface area contributed by atoms with Gasteiger partial charge in [0.05, 0.1) is 12.1 Å². The highest BCUT2D eigenvalue weighted by molar-refractivity contribution is 6.31. The van der Waals surface area contributed by atoms with Gasteiger partial charge in [-0.05, 0) is 29.3 Å². The fourth-order valence-corrected chi connectivity index (χ4v) is 3.28. The number of halogens is 1. The Kier molecular flexibility index (Phi) is 6.59. The number of hydrogen-bond donors (Lipinski definition) is 1. The molecule has 0 bridgehead atoms. The number of carbonyl (C=O) groups is 1. The molecule has 6 nitrogen and oxygen atoms in total. The molecule has 1 aromatic heterocycles. The molecule has 0 aliphatic heterocycles. The van der Waals surface area contributed by atoms with Crippen LogP contribution in [0.25, 0.3) is 0 Å². The van der Waals surface area contributed by atoms with Crippen LogP contribution in [0, 0.1) is 0 Å². The standard InChI is InChI=1S/C24H21ClN4O2/c25-22-7-3-1-5-20(22)15-31-23-8-4-2-6-21(23)24(30)27-13-18-9-11-19(12-10-18)14-29-17-26-16-28-29/h1-12,16-17H,13-15H2,(H,27,30). The Hall–Kier alpha value is -3.64. The first-order valence-corrected chi connectivity index (χ1v) is 10.2. The van der Waals surface area contributed by atoms with Gasteiger partial charge in [-0.25, -0.2) is 9.67 Å². The molecule has 1 N–H and O–H groups in total. The summed E-state index contributed by atoms with van der Waals surface area (Å²) in [6.45, 7) is 1.36. The summed E-state index contributed by atoms with van der Waals surface area (Å²) in [5.41, 5.74) is 3.46. The van der Waals surface area contributed by atoms with E-state index in [0.717, 1.165) is 16.7 Å². The summed E-state index contributed by atoms with van der Waals surface area (Å²) in [7, 11) is 0. The third-order valence-electron chi connectivity index (χ3n) is 4.76. The molecule has 31 heavy (non-hydrogen) atoms. The van der Waals surface area contributed by atoms with Crippen molar-refractivity contribution in [3.63, 3.8) is 0 Å². The number of benzene rings is 3. The molecule has 0 unspecified atom stereocenters. The lowest BCUT2D eigenvalue weighted by atomic mass is 10.1. The highest BCUT2D eigenvalue weighted by Crippen LogP contribution is 2.22. The van der Waals surface area contributed by atoms with Crippen LogP contribution in [0.1, 0.15) is 27.0 Å². The number of carbonyl (C=O) groups excluding carboxylic acids is 1. The Labute approximate surface area is 185 Å². The van der Waals surface area contributed by atoms with Gasteiger partial charge in [-0.3, -0.25) is 4.79 Å². The van der Waals surface area contributed by atoms with Gasteiger partial charge in [-0.1, -0.05) is 66.2 Å². The van der Waals surface area contributed by atoms with Crippen molar-refractivity contribution in [2.45, 2.75) is 19.7 Å². The zero-order valence-electron chi connectivity index (χ0n) is 16.7. The van der Waals surface area contributed by atoms with Crippen LogP contribution in [-0.2, 0) is 19.7 Å². The molecule has 0 radical (unpaired) electrons. The van der Waals surface area contributed by atoms with E-state index in [4.69, 9.17) is 16.3 Å². The Balaban J connectivity index is 1.36. The molecule has 3 aromatic carbocycles. The highest BCUT2D eigenvalue weighted by atomic mass is 35.5. The van der Waals surface area contributed by atoms with Crippen molar-refractivity contribution in [1.29, 1.82) is 0 Å². The van der Waals surface area contributed by atoms with Crippen molar-refractivity contribution in [3.05, 3.63) is 113 Å². The van der Waals surface area contributed by atoms with Gasteiger partial charge < -0.3 is 10.1 Å². The van der Waals surface area contributed by atoms with Gasteiger partial charge in [0.25, 0.3) is 5.91 Å². The first-order chi connectivity index (χ1) is 15.2. The molecule has 1 amide bonds. The van der Waals surface area contributed by atoms with Crippen LogP contribution in [0.15, 0.2) is 85.5 Å². The van der Waals surface area contributed by atoms with Gasteiger partial charge >= 0.3 is 0 Å². The second kappa shape index (κ2) is 9.91. The summed E-state index contributed by atoms with van der Waals surface area (Å²) in [4.78, 5) is 16.7. The van der Waals surface area contributed by atoms with Crippen molar-refractivity contribution >= 4 is 17.5 Å². The molecule has 0 atom stereocenters. The van der Waals surface area contributed by atoms with Crippen molar-refractivity contribution in [2.75, 3.05) is 0 Å². The predicted molar refractivity (Wildman–Crippen MR) is 119 cm³/mol. The zero-order chi connectivity index (χ0) is 21.5. The van der Waals surface area contributed by atoms with Crippen molar-refractivity contribution < 1.29 is 9.53 Å². The molecular weight excluding hydrogens is 412 g/mol. The van der Waals surface area contributed by atoms with E-state index in [-0.39, 0.29) is 12.5 Å². The average Bonchev–Trinajstić information content (AvgIpc) is 3.31. The van der Waals surface area contributed by atoms with Crippen LogP contribution in [-0.4, -0.2) is 20.7 Å². The molecular formula is C24H21ClN4O2. The van der Waals surface area contributed by atoms with E-state index in [0.29, 0.717) is 29.4 Å². The van der Waals surface area contributed by atoms with Crippen molar-refractivity contribution in [1.82, 2.24) is 20.1 Å². The van der Waals surface area contributed by atoms with Gasteiger partial charge in [-0.2, -0.15) is 5.10 Å². The van der Waals surface area contributed by atoms with E-state index < -0.39 is 0 Å². The number of rotatable bonds is 8. The number of nitrogens with zero attached hydrogens (tertiary/aromatic N) is 3. The largest absolute Gasteiger partial charge is 0.488 e. The van der Waals surface area contributed by atoms with Gasteiger partial charge in [0.15, 0.2) is 0 Å². The summed E-state index contributed by atoms with van der Waals surface area (Å²) < 4.78 is 7.64. The summed E-state index contributed by atoms with van der Waals surface area (Å²) >= 11 is 6.19. The van der Waals surface area contributed by atoms with Crippen LogP contribution in [0.3, 0.4) is 0 Å². The number of nitrogens with one attached hydrogen (secondary N) is 1. The molecule has 0 fully saturated rings. The van der Waals surface area contributed by atoms with Crippen LogP contribution < -0.4 is 10.1 Å². The fraction of sp³-hybridized carbons (Fsp3) is 0.125. The van der Waals surface area contributed by atoms with Crippen LogP contribution in [0.2, 0.25) is 5.02 Å². The third kappa shape index (κ3) is 5.49. The number of para-hydroxylation sites is 1. The minimum atomic E-state index is -0.193. The van der Waals surface area contributed by atoms with Gasteiger partial charge in [0.2, 0.25) is 0 Å². The number of aromatic nitrogens is 3. The monoisotopic (exact) mass is 432 g/mol. The smallest absolute Gasteiger partial charge is 0.255 e. The normalized spacial score (nSPS) is 10.6. The molecule has 0 spiro atoms. The van der Waals surface area contributed by atoms with Crippen LogP contribution in [0.4, 0.5) is 0 Å². The molecule has 0 aliphatic carbocycles. The molecule has 7 heteroatoms. The lowest BCUT2D eigenvalue weighted by Crippen LogP contribution is -2.23. The SMILES string of the molecule is O=C(NCc1ccc(Cn2cncn2)cc1)c1ccccc1OCc1ccccc1Cl. The molecule has 1 heterocycles. The van der Waals surface area contributed by atoms with Crippen LogP contribution >= 0.6 is 11.6 Å². The second-order valence-corrected chi connectivity index (χ2v) is 7.38. The van der Waals surface area contributed by atoms with E-state index >= 15 is 0 Å². The molecule has 0 aliphatic rings. The van der Waals surface area contributed by atoms with E-state index in [1.807, 2.05) is 60.7 Å². The zero-order valence-corrected chi connectivity index (χ0v) is 17.5. The third-order valence-corrected chi connectivity index (χ3v) is 5.13. The Bertz CT molecular complexity index is 1140. The van der Waals surface area contributed by atoms with E-state index in [2.05, 4.69) is 15.4 Å². The van der Waals surface area contributed by atoms with Gasteiger partial charge in [-0.15, -0.1) is 0 Å².